The zero-order valence-electron chi connectivity index (χ0n) is 10.6. The van der Waals surface area contributed by atoms with Crippen molar-refractivity contribution in [1.29, 1.82) is 0 Å². The predicted octanol–water partition coefficient (Wildman–Crippen LogP) is 1.59. The van der Waals surface area contributed by atoms with E-state index in [2.05, 4.69) is 20.8 Å². The average Bonchev–Trinajstić information content (AvgIpc) is 2.15. The Kier molecular flexibility index (Phi) is 4.17. The van der Waals surface area contributed by atoms with Crippen molar-refractivity contribution >= 4 is 12.4 Å². The minimum absolute atomic E-state index is 0.0178. The van der Waals surface area contributed by atoms with Crippen molar-refractivity contribution in [2.45, 2.75) is 40.6 Å². The maximum Gasteiger partial charge on any atom is 0.320 e. The fourth-order valence-electron chi connectivity index (χ4n) is 1.90. The standard InChI is InChI=1S/C13H21BO2/c1-13(2,3)8-10-5-6-11(9-15)12(7-10)14(4)16/h5-7,15-16H,8-9H2,1-4H3. The molecule has 0 radical (unpaired) electrons. The molecule has 0 heterocycles. The lowest BCUT2D eigenvalue weighted by Crippen LogP contribution is -2.30. The van der Waals surface area contributed by atoms with Gasteiger partial charge in [0.05, 0.1) is 6.61 Å². The maximum atomic E-state index is 9.65. The van der Waals surface area contributed by atoms with E-state index in [0.717, 1.165) is 17.4 Å². The molecule has 2 N–H and O–H groups in total. The summed E-state index contributed by atoms with van der Waals surface area (Å²) < 4.78 is 0. The minimum Gasteiger partial charge on any atom is -0.446 e. The van der Waals surface area contributed by atoms with E-state index in [1.807, 2.05) is 18.2 Å². The predicted molar refractivity (Wildman–Crippen MR) is 69.0 cm³/mol. The van der Waals surface area contributed by atoms with Crippen LogP contribution in [-0.2, 0) is 13.0 Å². The highest BCUT2D eigenvalue weighted by Gasteiger charge is 2.15. The lowest BCUT2D eigenvalue weighted by molar-refractivity contribution is 0.282. The van der Waals surface area contributed by atoms with Gasteiger partial charge in [-0.25, -0.2) is 0 Å². The highest BCUT2D eigenvalue weighted by Crippen LogP contribution is 2.20. The second-order valence-electron chi connectivity index (χ2n) is 5.60. The van der Waals surface area contributed by atoms with Crippen LogP contribution in [0.1, 0.15) is 31.9 Å². The molecule has 88 valence electrons. The van der Waals surface area contributed by atoms with Crippen molar-refractivity contribution in [3.8, 4) is 0 Å². The van der Waals surface area contributed by atoms with E-state index in [1.165, 1.54) is 5.56 Å². The molecule has 0 atom stereocenters. The molecule has 2 nitrogen and oxygen atoms in total. The average molecular weight is 220 g/mol. The van der Waals surface area contributed by atoms with Gasteiger partial charge in [-0.15, -0.1) is 0 Å². The van der Waals surface area contributed by atoms with Gasteiger partial charge in [-0.3, -0.25) is 0 Å². The molecule has 1 rings (SSSR count). The van der Waals surface area contributed by atoms with E-state index < -0.39 is 6.92 Å². The normalized spacial score (nSPS) is 11.6. The summed E-state index contributed by atoms with van der Waals surface area (Å²) in [6.07, 6.45) is 0.971. The number of aliphatic hydroxyl groups is 1. The first-order valence-corrected chi connectivity index (χ1v) is 5.74. The Labute approximate surface area is 98.4 Å². The number of hydrogen-bond donors (Lipinski definition) is 2. The van der Waals surface area contributed by atoms with Gasteiger partial charge in [0, 0.05) is 0 Å². The van der Waals surface area contributed by atoms with E-state index in [0.29, 0.717) is 0 Å². The molecule has 0 unspecified atom stereocenters. The van der Waals surface area contributed by atoms with Gasteiger partial charge in [0.1, 0.15) is 0 Å². The molecule has 0 aliphatic heterocycles. The van der Waals surface area contributed by atoms with Crippen LogP contribution in [0.15, 0.2) is 18.2 Å². The van der Waals surface area contributed by atoms with Crippen molar-refractivity contribution in [3.05, 3.63) is 29.3 Å². The lowest BCUT2D eigenvalue weighted by Gasteiger charge is -2.19. The molecule has 0 spiro atoms. The zero-order valence-corrected chi connectivity index (χ0v) is 10.6. The Balaban J connectivity index is 3.02. The monoisotopic (exact) mass is 220 g/mol. The quantitative estimate of drug-likeness (QED) is 0.759. The summed E-state index contributed by atoms with van der Waals surface area (Å²) in [5, 5.41) is 18.8. The summed E-state index contributed by atoms with van der Waals surface area (Å²) in [6, 6.07) is 5.94. The number of hydrogen-bond acceptors (Lipinski definition) is 2. The molecular formula is C13H21BO2. The SMILES string of the molecule is CB(O)c1cc(CC(C)(C)C)ccc1CO. The van der Waals surface area contributed by atoms with Gasteiger partial charge in [0.2, 0.25) is 0 Å². The van der Waals surface area contributed by atoms with E-state index >= 15 is 0 Å². The molecule has 0 bridgehead atoms. The highest BCUT2D eigenvalue weighted by molar-refractivity contribution is 6.65. The van der Waals surface area contributed by atoms with Gasteiger partial charge in [0.25, 0.3) is 0 Å². The first kappa shape index (κ1) is 13.3. The Bertz CT molecular complexity index is 353. The minimum atomic E-state index is -0.526. The summed E-state index contributed by atoms with van der Waals surface area (Å²) in [7, 11) is 0. The van der Waals surface area contributed by atoms with Gasteiger partial charge in [0.15, 0.2) is 0 Å². The molecule has 0 saturated heterocycles. The van der Waals surface area contributed by atoms with E-state index in [1.54, 1.807) is 6.82 Å². The van der Waals surface area contributed by atoms with Crippen LogP contribution < -0.4 is 5.46 Å². The largest absolute Gasteiger partial charge is 0.446 e. The van der Waals surface area contributed by atoms with Crippen molar-refractivity contribution < 1.29 is 10.1 Å². The molecule has 0 saturated carbocycles. The van der Waals surface area contributed by atoms with Gasteiger partial charge in [-0.05, 0) is 28.4 Å². The second-order valence-corrected chi connectivity index (χ2v) is 5.60. The molecule has 0 aliphatic rings. The molecule has 3 heteroatoms. The zero-order chi connectivity index (χ0) is 12.3. The van der Waals surface area contributed by atoms with E-state index in [-0.39, 0.29) is 12.0 Å². The summed E-state index contributed by atoms with van der Waals surface area (Å²) >= 11 is 0. The number of benzene rings is 1. The maximum absolute atomic E-state index is 9.65. The Morgan fingerprint density at radius 2 is 1.88 bits per heavy atom. The second kappa shape index (κ2) is 5.02. The molecule has 0 amide bonds. The Morgan fingerprint density at radius 3 is 2.31 bits per heavy atom. The van der Waals surface area contributed by atoms with E-state index in [4.69, 9.17) is 0 Å². The molecule has 1 aromatic carbocycles. The van der Waals surface area contributed by atoms with Crippen molar-refractivity contribution in [2.24, 2.45) is 5.41 Å². The van der Waals surface area contributed by atoms with Crippen LogP contribution in [-0.4, -0.2) is 17.0 Å². The van der Waals surface area contributed by atoms with Gasteiger partial charge >= 0.3 is 6.92 Å². The van der Waals surface area contributed by atoms with Crippen LogP contribution in [0.5, 0.6) is 0 Å². The molecule has 0 aromatic heterocycles. The third-order valence-corrected chi connectivity index (χ3v) is 2.57. The topological polar surface area (TPSA) is 40.5 Å². The van der Waals surface area contributed by atoms with Crippen molar-refractivity contribution in [3.63, 3.8) is 0 Å². The molecule has 0 fully saturated rings. The van der Waals surface area contributed by atoms with E-state index in [9.17, 15) is 10.1 Å². The summed E-state index contributed by atoms with van der Waals surface area (Å²) in [6.45, 7) is 7.76. The molecule has 0 aliphatic carbocycles. The van der Waals surface area contributed by atoms with Crippen LogP contribution in [0, 0.1) is 5.41 Å². The Hall–Kier alpha value is -0.795. The lowest BCUT2D eigenvalue weighted by atomic mass is 9.62. The summed E-state index contributed by atoms with van der Waals surface area (Å²) in [5.41, 5.74) is 3.09. The third kappa shape index (κ3) is 3.65. The van der Waals surface area contributed by atoms with Crippen LogP contribution in [0.3, 0.4) is 0 Å². The van der Waals surface area contributed by atoms with Gasteiger partial charge in [-0.1, -0.05) is 45.8 Å². The Morgan fingerprint density at radius 1 is 1.25 bits per heavy atom. The first-order valence-electron chi connectivity index (χ1n) is 5.74. The van der Waals surface area contributed by atoms with Crippen LogP contribution >= 0.6 is 0 Å². The summed E-state index contributed by atoms with van der Waals surface area (Å²) in [4.78, 5) is 0. The van der Waals surface area contributed by atoms with Crippen molar-refractivity contribution in [1.82, 2.24) is 0 Å². The molecule has 1 aromatic rings. The van der Waals surface area contributed by atoms with Gasteiger partial charge in [-0.2, -0.15) is 0 Å². The molecule has 16 heavy (non-hydrogen) atoms. The van der Waals surface area contributed by atoms with Crippen LogP contribution in [0.2, 0.25) is 6.82 Å². The third-order valence-electron chi connectivity index (χ3n) is 2.57. The number of aliphatic hydroxyl groups excluding tert-OH is 1. The van der Waals surface area contributed by atoms with Gasteiger partial charge < -0.3 is 10.1 Å². The van der Waals surface area contributed by atoms with Crippen LogP contribution in [0.25, 0.3) is 0 Å². The van der Waals surface area contributed by atoms with Crippen LogP contribution in [0.4, 0.5) is 0 Å². The number of rotatable bonds is 3. The first-order chi connectivity index (χ1) is 7.33. The highest BCUT2D eigenvalue weighted by atomic mass is 16.3. The summed E-state index contributed by atoms with van der Waals surface area (Å²) in [5.74, 6) is 0. The van der Waals surface area contributed by atoms with Crippen molar-refractivity contribution in [2.75, 3.05) is 0 Å². The fraction of sp³-hybridized carbons (Fsp3) is 0.538. The smallest absolute Gasteiger partial charge is 0.320 e. The fourth-order valence-corrected chi connectivity index (χ4v) is 1.90. The molecular weight excluding hydrogens is 199 g/mol.